The fourth-order valence-electron chi connectivity index (χ4n) is 11.4. The minimum atomic E-state index is -0.771. The molecule has 6 nitrogen and oxygen atoms in total. The second kappa shape index (κ2) is 70.4. The van der Waals surface area contributed by atoms with Gasteiger partial charge >= 0.3 is 17.9 Å². The molecule has 0 rings (SSSR count). The average molecular weight is 1140 g/mol. The molecule has 0 aromatic heterocycles. The van der Waals surface area contributed by atoms with E-state index in [0.29, 0.717) is 19.3 Å². The number of allylic oxidation sites excluding steroid dienone is 4. The molecule has 6 heteroatoms. The predicted octanol–water partition coefficient (Wildman–Crippen LogP) is 25.3. The third-order valence-corrected chi connectivity index (χ3v) is 16.9. The molecular formula is C75H142O6. The quantitative estimate of drug-likeness (QED) is 0.0261. The molecule has 81 heavy (non-hydrogen) atoms. The van der Waals surface area contributed by atoms with E-state index in [-0.39, 0.29) is 31.1 Å². The van der Waals surface area contributed by atoms with Crippen LogP contribution in [-0.2, 0) is 28.6 Å². The van der Waals surface area contributed by atoms with Gasteiger partial charge in [-0.15, -0.1) is 0 Å². The molecule has 0 radical (unpaired) electrons. The first-order valence-electron chi connectivity index (χ1n) is 36.8. The number of hydrogen-bond acceptors (Lipinski definition) is 6. The summed E-state index contributed by atoms with van der Waals surface area (Å²) in [5.74, 6) is -0.836. The van der Waals surface area contributed by atoms with Crippen molar-refractivity contribution in [2.24, 2.45) is 0 Å². The molecule has 0 saturated heterocycles. The van der Waals surface area contributed by atoms with Gasteiger partial charge in [-0.3, -0.25) is 14.4 Å². The number of unbranched alkanes of at least 4 members (excludes halogenated alkanes) is 54. The van der Waals surface area contributed by atoms with Crippen LogP contribution < -0.4 is 0 Å². The number of esters is 3. The van der Waals surface area contributed by atoms with Gasteiger partial charge in [0.05, 0.1) is 0 Å². The third-order valence-electron chi connectivity index (χ3n) is 16.9. The summed E-state index contributed by atoms with van der Waals surface area (Å²) in [6.07, 6.45) is 86.5. The van der Waals surface area contributed by atoms with E-state index in [4.69, 9.17) is 14.2 Å². The molecule has 0 bridgehead atoms. The van der Waals surface area contributed by atoms with Crippen molar-refractivity contribution >= 4 is 17.9 Å². The highest BCUT2D eigenvalue weighted by Gasteiger charge is 2.20. The van der Waals surface area contributed by atoms with Gasteiger partial charge < -0.3 is 14.2 Å². The van der Waals surface area contributed by atoms with Crippen molar-refractivity contribution in [3.8, 4) is 0 Å². The predicted molar refractivity (Wildman–Crippen MR) is 353 cm³/mol. The van der Waals surface area contributed by atoms with Gasteiger partial charge in [0.1, 0.15) is 13.2 Å². The Labute approximate surface area is 506 Å². The van der Waals surface area contributed by atoms with E-state index in [1.807, 2.05) is 0 Å². The summed E-state index contributed by atoms with van der Waals surface area (Å²) >= 11 is 0. The number of carbonyl (C=O) groups excluding carboxylic acids is 3. The Balaban J connectivity index is 4.20. The highest BCUT2D eigenvalue weighted by atomic mass is 16.6. The Morgan fingerprint density at radius 1 is 0.235 bits per heavy atom. The zero-order valence-electron chi connectivity index (χ0n) is 55.1. The van der Waals surface area contributed by atoms with Crippen LogP contribution in [0, 0.1) is 0 Å². The van der Waals surface area contributed by atoms with Crippen LogP contribution in [0.15, 0.2) is 24.3 Å². The van der Waals surface area contributed by atoms with Crippen LogP contribution in [0.1, 0.15) is 419 Å². The number of rotatable bonds is 69. The molecule has 1 atom stereocenters. The van der Waals surface area contributed by atoms with E-state index in [0.717, 1.165) is 57.8 Å². The van der Waals surface area contributed by atoms with Crippen molar-refractivity contribution in [1.82, 2.24) is 0 Å². The van der Waals surface area contributed by atoms with Crippen LogP contribution in [0.2, 0.25) is 0 Å². The summed E-state index contributed by atoms with van der Waals surface area (Å²) in [4.78, 5) is 38.5. The zero-order chi connectivity index (χ0) is 58.5. The van der Waals surface area contributed by atoms with Gasteiger partial charge in [0.15, 0.2) is 6.10 Å². The summed E-state index contributed by atoms with van der Waals surface area (Å²) in [7, 11) is 0. The summed E-state index contributed by atoms with van der Waals surface area (Å²) in [5, 5.41) is 0. The lowest BCUT2D eigenvalue weighted by Gasteiger charge is -2.18. The second-order valence-electron chi connectivity index (χ2n) is 25.2. The van der Waals surface area contributed by atoms with Crippen LogP contribution >= 0.6 is 0 Å². The average Bonchev–Trinajstić information content (AvgIpc) is 3.47. The standard InChI is InChI=1S/C75H142O6/c1-4-7-10-13-16-19-22-25-28-31-32-33-34-35-36-37-38-39-40-41-42-45-47-50-53-56-59-62-65-68-74(77)80-71-72(81-75(78)69-66-63-60-57-54-51-48-44-30-27-24-21-18-15-12-9-6-3)70-79-73(76)67-64-61-58-55-52-49-46-43-29-26-23-20-17-14-11-8-5-2/h27,30-32,72H,4-26,28-29,33-71H2,1-3H3/b30-27-,32-31-. The molecule has 0 spiro atoms. The molecule has 0 amide bonds. The monoisotopic (exact) mass is 1140 g/mol. The summed E-state index contributed by atoms with van der Waals surface area (Å²) < 4.78 is 17.0. The van der Waals surface area contributed by atoms with Crippen molar-refractivity contribution in [2.45, 2.75) is 425 Å². The normalized spacial score (nSPS) is 12.1. The molecular weight excluding hydrogens is 997 g/mol. The van der Waals surface area contributed by atoms with Crippen molar-refractivity contribution in [1.29, 1.82) is 0 Å². The first-order valence-corrected chi connectivity index (χ1v) is 36.8. The molecule has 0 aliphatic carbocycles. The molecule has 0 fully saturated rings. The highest BCUT2D eigenvalue weighted by molar-refractivity contribution is 5.71. The second-order valence-corrected chi connectivity index (χ2v) is 25.2. The number of ether oxygens (including phenoxy) is 3. The third kappa shape index (κ3) is 68.6. The lowest BCUT2D eigenvalue weighted by atomic mass is 10.0. The minimum absolute atomic E-state index is 0.0664. The Morgan fingerprint density at radius 2 is 0.407 bits per heavy atom. The van der Waals surface area contributed by atoms with Crippen LogP contribution in [0.3, 0.4) is 0 Å². The van der Waals surface area contributed by atoms with Gasteiger partial charge in [-0.1, -0.05) is 353 Å². The van der Waals surface area contributed by atoms with Crippen LogP contribution in [0.5, 0.6) is 0 Å². The first kappa shape index (κ1) is 78.9. The van der Waals surface area contributed by atoms with Crippen molar-refractivity contribution in [2.75, 3.05) is 13.2 Å². The van der Waals surface area contributed by atoms with Gasteiger partial charge in [0.2, 0.25) is 0 Å². The molecule has 478 valence electrons. The van der Waals surface area contributed by atoms with Gasteiger partial charge in [-0.25, -0.2) is 0 Å². The molecule has 0 saturated carbocycles. The van der Waals surface area contributed by atoms with Gasteiger partial charge in [0.25, 0.3) is 0 Å². The van der Waals surface area contributed by atoms with Crippen molar-refractivity contribution in [3.05, 3.63) is 24.3 Å². The van der Waals surface area contributed by atoms with E-state index >= 15 is 0 Å². The minimum Gasteiger partial charge on any atom is -0.462 e. The highest BCUT2D eigenvalue weighted by Crippen LogP contribution is 2.19. The Hall–Kier alpha value is -2.11. The maximum Gasteiger partial charge on any atom is 0.306 e. The molecule has 0 aromatic rings. The van der Waals surface area contributed by atoms with E-state index in [2.05, 4.69) is 45.1 Å². The Bertz CT molecular complexity index is 1310. The number of carbonyl (C=O) groups is 3. The van der Waals surface area contributed by atoms with E-state index < -0.39 is 6.10 Å². The molecule has 1 unspecified atom stereocenters. The largest absolute Gasteiger partial charge is 0.462 e. The number of hydrogen-bond donors (Lipinski definition) is 0. The summed E-state index contributed by atoms with van der Waals surface area (Å²) in [6.45, 7) is 6.72. The molecule has 0 aromatic carbocycles. The molecule has 0 N–H and O–H groups in total. The molecule has 0 heterocycles. The van der Waals surface area contributed by atoms with Gasteiger partial charge in [-0.2, -0.15) is 0 Å². The smallest absolute Gasteiger partial charge is 0.306 e. The van der Waals surface area contributed by atoms with Crippen molar-refractivity contribution in [3.63, 3.8) is 0 Å². The lowest BCUT2D eigenvalue weighted by molar-refractivity contribution is -0.167. The fraction of sp³-hybridized carbons (Fsp3) is 0.907. The van der Waals surface area contributed by atoms with Crippen LogP contribution in [0.25, 0.3) is 0 Å². The van der Waals surface area contributed by atoms with E-state index in [1.54, 1.807) is 0 Å². The van der Waals surface area contributed by atoms with Crippen LogP contribution in [0.4, 0.5) is 0 Å². The fourth-order valence-corrected chi connectivity index (χ4v) is 11.4. The Kier molecular flexibility index (Phi) is 68.5. The molecule has 0 aliphatic rings. The van der Waals surface area contributed by atoms with E-state index in [9.17, 15) is 14.4 Å². The van der Waals surface area contributed by atoms with Gasteiger partial charge in [-0.05, 0) is 70.6 Å². The van der Waals surface area contributed by atoms with E-state index in [1.165, 1.54) is 321 Å². The van der Waals surface area contributed by atoms with Crippen LogP contribution in [-0.4, -0.2) is 37.2 Å². The summed E-state index contributed by atoms with van der Waals surface area (Å²) in [5.41, 5.74) is 0. The van der Waals surface area contributed by atoms with Crippen molar-refractivity contribution < 1.29 is 28.6 Å². The zero-order valence-corrected chi connectivity index (χ0v) is 55.1. The summed E-state index contributed by atoms with van der Waals surface area (Å²) in [6, 6.07) is 0. The Morgan fingerprint density at radius 3 is 0.617 bits per heavy atom. The lowest BCUT2D eigenvalue weighted by Crippen LogP contribution is -2.30. The maximum absolute atomic E-state index is 12.9. The topological polar surface area (TPSA) is 78.9 Å². The van der Waals surface area contributed by atoms with Gasteiger partial charge in [0, 0.05) is 19.3 Å². The maximum atomic E-state index is 12.9. The first-order chi connectivity index (χ1) is 40.0. The SMILES string of the molecule is CCCCCCCC/C=C\CCCCCCCCCC(=O)OC(COC(=O)CCCCCCCCCCCCCCCCCCC)COC(=O)CCCCCCCCCCCCCCCCCCC/C=C\CCCCCCCCCC. The molecule has 0 aliphatic heterocycles.